The average molecular weight is 352 g/mol. The predicted molar refractivity (Wildman–Crippen MR) is 90.4 cm³/mol. The highest BCUT2D eigenvalue weighted by molar-refractivity contribution is 7.89. The van der Waals surface area contributed by atoms with E-state index in [9.17, 15) is 8.42 Å². The van der Waals surface area contributed by atoms with Gasteiger partial charge in [0.05, 0.1) is 17.5 Å². The molecule has 0 radical (unpaired) electrons. The van der Waals surface area contributed by atoms with Gasteiger partial charge in [0.1, 0.15) is 5.75 Å². The van der Waals surface area contributed by atoms with E-state index in [-0.39, 0.29) is 4.90 Å². The van der Waals surface area contributed by atoms with Crippen LogP contribution in [0.15, 0.2) is 47.4 Å². The summed E-state index contributed by atoms with van der Waals surface area (Å²) in [5.41, 5.74) is 1.08. The van der Waals surface area contributed by atoms with E-state index in [0.29, 0.717) is 16.3 Å². The normalized spacial score (nSPS) is 16.1. The van der Waals surface area contributed by atoms with E-state index in [0.717, 1.165) is 18.4 Å². The van der Waals surface area contributed by atoms with Crippen LogP contribution in [-0.4, -0.2) is 15.5 Å². The van der Waals surface area contributed by atoms with Gasteiger partial charge < -0.3 is 4.74 Å². The van der Waals surface area contributed by atoms with Crippen LogP contribution in [0.4, 0.5) is 0 Å². The summed E-state index contributed by atoms with van der Waals surface area (Å²) < 4.78 is 33.5. The van der Waals surface area contributed by atoms with Gasteiger partial charge in [-0.15, -0.1) is 0 Å². The quantitative estimate of drug-likeness (QED) is 0.895. The van der Waals surface area contributed by atoms with Crippen molar-refractivity contribution in [3.05, 3.63) is 58.6 Å². The molecule has 0 bridgehead atoms. The molecule has 1 N–H and O–H groups in total. The summed E-state index contributed by atoms with van der Waals surface area (Å²) in [6.45, 7) is 1.76. The van der Waals surface area contributed by atoms with E-state index < -0.39 is 15.6 Å². The van der Waals surface area contributed by atoms with Gasteiger partial charge >= 0.3 is 0 Å². The van der Waals surface area contributed by atoms with Gasteiger partial charge in [-0.2, -0.15) is 0 Å². The molecule has 2 aromatic carbocycles. The fraction of sp³-hybridized carbons (Fsp3) is 0.294. The second kappa shape index (κ2) is 5.82. The summed E-state index contributed by atoms with van der Waals surface area (Å²) >= 11 is 5.91. The minimum atomic E-state index is -3.61. The van der Waals surface area contributed by atoms with E-state index in [1.165, 1.54) is 0 Å². The molecule has 23 heavy (non-hydrogen) atoms. The van der Waals surface area contributed by atoms with Crippen molar-refractivity contribution in [1.82, 2.24) is 4.72 Å². The Hall–Kier alpha value is -1.56. The maximum Gasteiger partial charge on any atom is 0.241 e. The first-order valence-electron chi connectivity index (χ1n) is 7.31. The Morgan fingerprint density at radius 1 is 1.13 bits per heavy atom. The number of hydrogen-bond acceptors (Lipinski definition) is 3. The highest BCUT2D eigenvalue weighted by Crippen LogP contribution is 2.46. The Balaban J connectivity index is 1.91. The van der Waals surface area contributed by atoms with Crippen molar-refractivity contribution < 1.29 is 13.2 Å². The number of aryl methyl sites for hydroxylation is 1. The van der Waals surface area contributed by atoms with Crippen molar-refractivity contribution in [1.29, 1.82) is 0 Å². The van der Waals surface area contributed by atoms with E-state index in [1.54, 1.807) is 44.4 Å². The molecule has 122 valence electrons. The molecule has 0 unspecified atom stereocenters. The highest BCUT2D eigenvalue weighted by atomic mass is 35.5. The van der Waals surface area contributed by atoms with E-state index in [4.69, 9.17) is 16.3 Å². The van der Waals surface area contributed by atoms with Crippen LogP contribution in [0.25, 0.3) is 0 Å². The zero-order valence-corrected chi connectivity index (χ0v) is 14.5. The topological polar surface area (TPSA) is 55.4 Å². The molecule has 0 amide bonds. The van der Waals surface area contributed by atoms with Crippen LogP contribution in [0.5, 0.6) is 5.75 Å². The Morgan fingerprint density at radius 3 is 2.30 bits per heavy atom. The zero-order valence-electron chi connectivity index (χ0n) is 13.0. The largest absolute Gasteiger partial charge is 0.497 e. The molecule has 0 spiro atoms. The van der Waals surface area contributed by atoms with E-state index in [1.807, 2.05) is 12.1 Å². The molecule has 0 aliphatic heterocycles. The third kappa shape index (κ3) is 3.22. The Labute approximate surface area is 141 Å². The van der Waals surface area contributed by atoms with Gasteiger partial charge in [0.2, 0.25) is 10.0 Å². The number of hydrogen-bond donors (Lipinski definition) is 1. The van der Waals surface area contributed by atoms with Gasteiger partial charge in [0, 0.05) is 5.02 Å². The Kier molecular flexibility index (Phi) is 4.12. The maximum atomic E-state index is 12.8. The van der Waals surface area contributed by atoms with Gasteiger partial charge in [0.15, 0.2) is 0 Å². The van der Waals surface area contributed by atoms with Crippen molar-refractivity contribution >= 4 is 21.6 Å². The molecule has 6 heteroatoms. The number of rotatable bonds is 5. The third-order valence-corrected chi connectivity index (χ3v) is 6.10. The molecular weight excluding hydrogens is 334 g/mol. The fourth-order valence-corrected chi connectivity index (χ4v) is 4.51. The number of methoxy groups -OCH3 is 1. The molecule has 4 nitrogen and oxygen atoms in total. The van der Waals surface area contributed by atoms with Crippen LogP contribution < -0.4 is 9.46 Å². The van der Waals surface area contributed by atoms with Crippen molar-refractivity contribution in [2.45, 2.75) is 30.2 Å². The summed E-state index contributed by atoms with van der Waals surface area (Å²) in [4.78, 5) is 0.276. The van der Waals surface area contributed by atoms with Crippen LogP contribution in [-0.2, 0) is 15.6 Å². The number of nitrogens with one attached hydrogen (secondary N) is 1. The lowest BCUT2D eigenvalue weighted by molar-refractivity contribution is 0.414. The summed E-state index contributed by atoms with van der Waals surface area (Å²) in [5.74, 6) is 0.639. The molecular formula is C17H18ClNO3S. The molecule has 1 aliphatic rings. The molecule has 0 aromatic heterocycles. The first kappa shape index (κ1) is 16.3. The standard InChI is InChI=1S/C17H18ClNO3S/c1-12-11-15(22-2)7-8-16(12)23(20,21)19-17(9-10-17)13-3-5-14(18)6-4-13/h3-8,11,19H,9-10H2,1-2H3. The zero-order chi connectivity index (χ0) is 16.7. The monoisotopic (exact) mass is 351 g/mol. The van der Waals surface area contributed by atoms with Gasteiger partial charge in [-0.25, -0.2) is 13.1 Å². The Bertz CT molecular complexity index is 827. The molecule has 0 saturated heterocycles. The fourth-order valence-electron chi connectivity index (χ4n) is 2.71. The predicted octanol–water partition coefficient (Wildman–Crippen LogP) is 3.62. The van der Waals surface area contributed by atoms with E-state index in [2.05, 4.69) is 4.72 Å². The SMILES string of the molecule is COc1ccc(S(=O)(=O)NC2(c3ccc(Cl)cc3)CC2)c(C)c1. The Morgan fingerprint density at radius 2 is 1.78 bits per heavy atom. The maximum absolute atomic E-state index is 12.8. The van der Waals surface area contributed by atoms with Gasteiger partial charge in [0.25, 0.3) is 0 Å². The average Bonchev–Trinajstić information content (AvgIpc) is 3.27. The van der Waals surface area contributed by atoms with Crippen LogP contribution in [0.2, 0.25) is 5.02 Å². The second-order valence-electron chi connectivity index (χ2n) is 5.83. The highest BCUT2D eigenvalue weighted by Gasteiger charge is 2.47. The summed E-state index contributed by atoms with van der Waals surface area (Å²) in [6, 6.07) is 12.3. The van der Waals surface area contributed by atoms with Crippen LogP contribution in [0.3, 0.4) is 0 Å². The van der Waals surface area contributed by atoms with Crippen molar-refractivity contribution in [2.24, 2.45) is 0 Å². The minimum absolute atomic E-state index is 0.276. The summed E-state index contributed by atoms with van der Waals surface area (Å²) in [6.07, 6.45) is 1.56. The lowest BCUT2D eigenvalue weighted by Crippen LogP contribution is -2.35. The number of sulfonamides is 1. The molecule has 1 aliphatic carbocycles. The van der Waals surface area contributed by atoms with Crippen molar-refractivity contribution in [3.8, 4) is 5.75 Å². The third-order valence-electron chi connectivity index (χ3n) is 4.15. The number of halogens is 1. The lowest BCUT2D eigenvalue weighted by atomic mass is 10.1. The molecule has 1 saturated carbocycles. The first-order chi connectivity index (χ1) is 10.9. The molecule has 1 fully saturated rings. The molecule has 2 aromatic rings. The van der Waals surface area contributed by atoms with E-state index >= 15 is 0 Å². The molecule has 0 atom stereocenters. The van der Waals surface area contributed by atoms with Gasteiger partial charge in [-0.1, -0.05) is 23.7 Å². The number of benzene rings is 2. The first-order valence-corrected chi connectivity index (χ1v) is 9.17. The summed E-state index contributed by atoms with van der Waals surface area (Å²) in [7, 11) is -2.05. The number of ether oxygens (including phenoxy) is 1. The van der Waals surface area contributed by atoms with Crippen LogP contribution >= 0.6 is 11.6 Å². The van der Waals surface area contributed by atoms with Crippen LogP contribution in [0.1, 0.15) is 24.0 Å². The lowest BCUT2D eigenvalue weighted by Gasteiger charge is -2.19. The minimum Gasteiger partial charge on any atom is -0.497 e. The summed E-state index contributed by atoms with van der Waals surface area (Å²) in [5, 5.41) is 0.637. The molecule has 0 heterocycles. The van der Waals surface area contributed by atoms with Crippen LogP contribution in [0, 0.1) is 6.92 Å². The smallest absolute Gasteiger partial charge is 0.241 e. The van der Waals surface area contributed by atoms with Crippen molar-refractivity contribution in [3.63, 3.8) is 0 Å². The van der Waals surface area contributed by atoms with Gasteiger partial charge in [-0.05, 0) is 61.2 Å². The van der Waals surface area contributed by atoms with Gasteiger partial charge in [-0.3, -0.25) is 0 Å². The van der Waals surface area contributed by atoms with Crippen molar-refractivity contribution in [2.75, 3.05) is 7.11 Å². The second-order valence-corrected chi connectivity index (χ2v) is 7.91. The molecule has 3 rings (SSSR count).